The molecular weight excluding hydrogens is 304 g/mol. The zero-order valence-electron chi connectivity index (χ0n) is 12.6. The van der Waals surface area contributed by atoms with Gasteiger partial charge in [-0.2, -0.15) is 5.10 Å². The molecule has 1 aromatic carbocycles. The summed E-state index contributed by atoms with van der Waals surface area (Å²) in [7, 11) is 1.60. The largest absolute Gasteiger partial charge is 0.505 e. The Kier molecular flexibility index (Phi) is 3.63. The van der Waals surface area contributed by atoms with Crippen LogP contribution in [0.1, 0.15) is 5.56 Å². The van der Waals surface area contributed by atoms with Crippen LogP contribution in [0.5, 0.6) is 5.75 Å². The first-order valence-electron chi connectivity index (χ1n) is 7.03. The molecule has 2 aromatic heterocycles. The Morgan fingerprint density at radius 1 is 1.30 bits per heavy atom. The van der Waals surface area contributed by atoms with Crippen LogP contribution in [0.15, 0.2) is 35.3 Å². The van der Waals surface area contributed by atoms with E-state index in [1.165, 1.54) is 10.9 Å². The summed E-state index contributed by atoms with van der Waals surface area (Å²) in [6.45, 7) is 1.04. The molecule has 0 aliphatic carbocycles. The van der Waals surface area contributed by atoms with Gasteiger partial charge in [-0.15, -0.1) is 0 Å². The summed E-state index contributed by atoms with van der Waals surface area (Å²) in [5.41, 5.74) is 0.926. The molecule has 5 nitrogen and oxygen atoms in total. The topological polar surface area (TPSA) is 60.1 Å². The highest BCUT2D eigenvalue weighted by molar-refractivity contribution is 5.89. The van der Waals surface area contributed by atoms with Gasteiger partial charge in [-0.05, 0) is 18.1 Å². The number of aromatic nitrogens is 3. The minimum absolute atomic E-state index is 0.00468. The van der Waals surface area contributed by atoms with Gasteiger partial charge in [0.1, 0.15) is 0 Å². The Morgan fingerprint density at radius 2 is 2.00 bits per heavy atom. The predicted octanol–water partition coefficient (Wildman–Crippen LogP) is 2.68. The number of hydrogen-bond acceptors (Lipinski definition) is 3. The van der Waals surface area contributed by atoms with Gasteiger partial charge in [-0.3, -0.25) is 14.0 Å². The standard InChI is InChI=1S/C16H15F2N3O2/c1-9-5-3-4-6-10(9)13-15(22)14-11(7-20(2)19-14)21(16(13)23)8-12(17)18/h3-7,12,22H,8H2,1-2H3. The van der Waals surface area contributed by atoms with Crippen LogP contribution >= 0.6 is 0 Å². The van der Waals surface area contributed by atoms with Crippen LogP contribution in [0, 0.1) is 6.92 Å². The first-order chi connectivity index (χ1) is 10.9. The second-order valence-corrected chi connectivity index (χ2v) is 5.38. The number of halogens is 2. The molecule has 120 valence electrons. The fourth-order valence-electron chi connectivity index (χ4n) is 2.72. The van der Waals surface area contributed by atoms with Crippen LogP contribution in [0.3, 0.4) is 0 Å². The molecule has 0 aliphatic rings. The van der Waals surface area contributed by atoms with E-state index in [0.717, 1.165) is 10.1 Å². The fraction of sp³-hybridized carbons (Fsp3) is 0.250. The van der Waals surface area contributed by atoms with Crippen molar-refractivity contribution in [1.82, 2.24) is 14.3 Å². The third kappa shape index (κ3) is 2.48. The summed E-state index contributed by atoms with van der Waals surface area (Å²) in [5.74, 6) is -0.287. The molecule has 23 heavy (non-hydrogen) atoms. The third-order valence-electron chi connectivity index (χ3n) is 3.76. The van der Waals surface area contributed by atoms with Crippen LogP contribution in [-0.2, 0) is 13.6 Å². The third-order valence-corrected chi connectivity index (χ3v) is 3.76. The lowest BCUT2D eigenvalue weighted by atomic mass is 10.0. The van der Waals surface area contributed by atoms with E-state index >= 15 is 0 Å². The number of rotatable bonds is 3. The normalized spacial score (nSPS) is 11.5. The van der Waals surface area contributed by atoms with Gasteiger partial charge in [0.15, 0.2) is 11.3 Å². The number of fused-ring (bicyclic) bond motifs is 1. The smallest absolute Gasteiger partial charge is 0.263 e. The van der Waals surface area contributed by atoms with E-state index in [0.29, 0.717) is 5.56 Å². The molecule has 0 fully saturated rings. The van der Waals surface area contributed by atoms with E-state index in [9.17, 15) is 18.7 Å². The second kappa shape index (κ2) is 5.49. The lowest BCUT2D eigenvalue weighted by Crippen LogP contribution is -2.25. The average Bonchev–Trinajstić information content (AvgIpc) is 2.87. The van der Waals surface area contributed by atoms with Gasteiger partial charge in [0.2, 0.25) is 0 Å². The minimum Gasteiger partial charge on any atom is -0.505 e. The van der Waals surface area contributed by atoms with E-state index in [2.05, 4.69) is 5.10 Å². The van der Waals surface area contributed by atoms with E-state index < -0.39 is 18.5 Å². The van der Waals surface area contributed by atoms with Gasteiger partial charge in [0.25, 0.3) is 12.0 Å². The van der Waals surface area contributed by atoms with Crippen molar-refractivity contribution in [3.8, 4) is 16.9 Å². The van der Waals surface area contributed by atoms with Gasteiger partial charge < -0.3 is 5.11 Å². The molecule has 3 rings (SSSR count). The number of benzene rings is 1. The van der Waals surface area contributed by atoms with E-state index in [1.807, 2.05) is 0 Å². The van der Waals surface area contributed by atoms with Crippen molar-refractivity contribution >= 4 is 11.0 Å². The predicted molar refractivity (Wildman–Crippen MR) is 82.8 cm³/mol. The lowest BCUT2D eigenvalue weighted by Gasteiger charge is -2.13. The molecule has 0 aliphatic heterocycles. The number of nitrogens with zero attached hydrogens (tertiary/aromatic N) is 3. The Hall–Kier alpha value is -2.70. The minimum atomic E-state index is -2.69. The van der Waals surface area contributed by atoms with Crippen LogP contribution in [-0.4, -0.2) is 25.9 Å². The highest BCUT2D eigenvalue weighted by Gasteiger charge is 2.22. The van der Waals surface area contributed by atoms with Crippen molar-refractivity contribution in [3.05, 3.63) is 46.4 Å². The summed E-state index contributed by atoms with van der Waals surface area (Å²) < 4.78 is 28.1. The summed E-state index contributed by atoms with van der Waals surface area (Å²) in [6, 6.07) is 6.98. The van der Waals surface area contributed by atoms with Gasteiger partial charge >= 0.3 is 0 Å². The van der Waals surface area contributed by atoms with Crippen molar-refractivity contribution in [2.45, 2.75) is 19.9 Å². The molecule has 0 radical (unpaired) electrons. The average molecular weight is 319 g/mol. The molecule has 0 spiro atoms. The number of pyridine rings is 1. The van der Waals surface area contributed by atoms with Crippen molar-refractivity contribution in [2.24, 2.45) is 7.05 Å². The summed E-state index contributed by atoms with van der Waals surface area (Å²) in [6.07, 6.45) is -1.24. The van der Waals surface area contributed by atoms with Gasteiger partial charge in [-0.1, -0.05) is 24.3 Å². The zero-order chi connectivity index (χ0) is 16.7. The number of aromatic hydroxyl groups is 1. The molecule has 0 unspecified atom stereocenters. The molecule has 2 heterocycles. The van der Waals surface area contributed by atoms with Gasteiger partial charge in [-0.25, -0.2) is 8.78 Å². The molecular formula is C16H15F2N3O2. The maximum Gasteiger partial charge on any atom is 0.263 e. The Bertz CT molecular complexity index is 944. The quantitative estimate of drug-likeness (QED) is 0.807. The number of aryl methyl sites for hydroxylation is 2. The highest BCUT2D eigenvalue weighted by atomic mass is 19.3. The monoisotopic (exact) mass is 319 g/mol. The fourth-order valence-corrected chi connectivity index (χ4v) is 2.72. The Labute approximate surface area is 130 Å². The molecule has 1 N–H and O–H groups in total. The summed E-state index contributed by atoms with van der Waals surface area (Å²) in [5, 5.41) is 14.6. The van der Waals surface area contributed by atoms with E-state index in [4.69, 9.17) is 0 Å². The molecule has 0 atom stereocenters. The van der Waals surface area contributed by atoms with Crippen molar-refractivity contribution < 1.29 is 13.9 Å². The zero-order valence-corrected chi connectivity index (χ0v) is 12.6. The SMILES string of the molecule is Cc1ccccc1-c1c(O)c2nn(C)cc2n(CC(F)F)c1=O. The summed E-state index contributed by atoms with van der Waals surface area (Å²) in [4.78, 5) is 12.7. The first kappa shape index (κ1) is 15.2. The van der Waals surface area contributed by atoms with Crippen molar-refractivity contribution in [1.29, 1.82) is 0 Å². The van der Waals surface area contributed by atoms with E-state index in [1.54, 1.807) is 38.2 Å². The Morgan fingerprint density at radius 3 is 2.65 bits per heavy atom. The van der Waals surface area contributed by atoms with Crippen LogP contribution in [0.25, 0.3) is 22.2 Å². The molecule has 0 saturated carbocycles. The molecule has 3 aromatic rings. The van der Waals surface area contributed by atoms with Crippen molar-refractivity contribution in [3.63, 3.8) is 0 Å². The maximum absolute atomic E-state index is 12.9. The second-order valence-electron chi connectivity index (χ2n) is 5.38. The first-order valence-corrected chi connectivity index (χ1v) is 7.03. The number of hydrogen-bond donors (Lipinski definition) is 1. The van der Waals surface area contributed by atoms with Crippen LogP contribution < -0.4 is 5.56 Å². The molecule has 0 amide bonds. The Balaban J connectivity index is 2.43. The molecule has 0 saturated heterocycles. The van der Waals surface area contributed by atoms with Gasteiger partial charge in [0, 0.05) is 13.2 Å². The maximum atomic E-state index is 12.9. The van der Waals surface area contributed by atoms with Crippen LogP contribution in [0.4, 0.5) is 8.78 Å². The lowest BCUT2D eigenvalue weighted by molar-refractivity contribution is 0.127. The highest BCUT2D eigenvalue weighted by Crippen LogP contribution is 2.33. The van der Waals surface area contributed by atoms with Crippen LogP contribution in [0.2, 0.25) is 0 Å². The van der Waals surface area contributed by atoms with E-state index in [-0.39, 0.29) is 22.3 Å². The summed E-state index contributed by atoms with van der Waals surface area (Å²) >= 11 is 0. The molecule has 7 heteroatoms. The van der Waals surface area contributed by atoms with Crippen molar-refractivity contribution in [2.75, 3.05) is 0 Å². The number of alkyl halides is 2. The van der Waals surface area contributed by atoms with Gasteiger partial charge in [0.05, 0.1) is 17.6 Å². The molecule has 0 bridgehead atoms.